The zero-order valence-electron chi connectivity index (χ0n) is 29.0. The van der Waals surface area contributed by atoms with Gasteiger partial charge in [0.25, 0.3) is 5.56 Å². The SMILES string of the molecule is O=c1c2ccccc2c2cc3c(c4ccccc4n3-c3nc(-c4ccccc4)nc(-c4ccc5c(c4)oc4ccccc45)n3)c3nc(-c4ccccc4)n1c23. The number of pyridine rings is 1. The summed E-state index contributed by atoms with van der Waals surface area (Å²) in [5.41, 5.74) is 7.37. The molecule has 0 aliphatic heterocycles. The summed E-state index contributed by atoms with van der Waals surface area (Å²) in [6.07, 6.45) is 0. The number of para-hydroxylation sites is 2. The van der Waals surface area contributed by atoms with Crippen molar-refractivity contribution in [3.63, 3.8) is 0 Å². The Labute approximate surface area is 311 Å². The molecule has 8 heteroatoms. The summed E-state index contributed by atoms with van der Waals surface area (Å²) in [7, 11) is 0. The van der Waals surface area contributed by atoms with E-state index in [9.17, 15) is 4.79 Å². The number of hydrogen-bond donors (Lipinski definition) is 0. The highest BCUT2D eigenvalue weighted by atomic mass is 16.3. The van der Waals surface area contributed by atoms with Gasteiger partial charge in [-0.2, -0.15) is 9.97 Å². The maximum Gasteiger partial charge on any atom is 0.264 e. The van der Waals surface area contributed by atoms with Gasteiger partial charge in [-0.1, -0.05) is 121 Å². The highest BCUT2D eigenvalue weighted by molar-refractivity contribution is 6.27. The predicted molar refractivity (Wildman–Crippen MR) is 219 cm³/mol. The second-order valence-electron chi connectivity index (χ2n) is 13.8. The molecule has 0 radical (unpaired) electrons. The van der Waals surface area contributed by atoms with Crippen LogP contribution in [0.3, 0.4) is 0 Å². The molecular weight excluding hydrogens is 681 g/mol. The quantitative estimate of drug-likeness (QED) is 0.169. The summed E-state index contributed by atoms with van der Waals surface area (Å²) in [5.74, 6) is 2.14. The Morgan fingerprint density at radius 3 is 1.89 bits per heavy atom. The van der Waals surface area contributed by atoms with Crippen molar-refractivity contribution < 1.29 is 4.42 Å². The number of furan rings is 1. The molecule has 5 heterocycles. The molecule has 0 aliphatic rings. The van der Waals surface area contributed by atoms with Gasteiger partial charge in [-0.3, -0.25) is 13.8 Å². The van der Waals surface area contributed by atoms with E-state index in [2.05, 4.69) is 34.9 Å². The topological polar surface area (TPSA) is 91.1 Å². The first-order chi connectivity index (χ1) is 27.2. The monoisotopic (exact) mass is 706 g/mol. The molecule has 0 N–H and O–H groups in total. The first-order valence-electron chi connectivity index (χ1n) is 18.1. The number of fused-ring (bicyclic) bond motifs is 9. The minimum atomic E-state index is -0.0939. The molecule has 0 unspecified atom stereocenters. The summed E-state index contributed by atoms with van der Waals surface area (Å²) in [5, 5.41) is 6.41. The van der Waals surface area contributed by atoms with Gasteiger partial charge in [0.2, 0.25) is 5.95 Å². The van der Waals surface area contributed by atoms with Crippen LogP contribution in [0.25, 0.3) is 111 Å². The molecule has 12 aromatic rings. The second-order valence-corrected chi connectivity index (χ2v) is 13.8. The van der Waals surface area contributed by atoms with Crippen molar-refractivity contribution in [2.75, 3.05) is 0 Å². The Balaban J connectivity index is 1.21. The van der Waals surface area contributed by atoms with E-state index >= 15 is 0 Å². The summed E-state index contributed by atoms with van der Waals surface area (Å²) in [6, 6.07) is 52.3. The highest BCUT2D eigenvalue weighted by Crippen LogP contribution is 2.41. The number of imidazole rings is 1. The predicted octanol–water partition coefficient (Wildman–Crippen LogP) is 10.6. The van der Waals surface area contributed by atoms with Crippen LogP contribution in [0.1, 0.15) is 0 Å². The first kappa shape index (κ1) is 29.8. The second kappa shape index (κ2) is 11.1. The van der Waals surface area contributed by atoms with Crippen LogP contribution in [0.4, 0.5) is 0 Å². The van der Waals surface area contributed by atoms with E-state index in [0.717, 1.165) is 82.2 Å². The van der Waals surface area contributed by atoms with Crippen molar-refractivity contribution in [1.29, 1.82) is 0 Å². The molecule has 55 heavy (non-hydrogen) atoms. The third-order valence-corrected chi connectivity index (χ3v) is 10.7. The van der Waals surface area contributed by atoms with Gasteiger partial charge in [0.05, 0.1) is 16.6 Å². The van der Waals surface area contributed by atoms with E-state index < -0.39 is 0 Å². The van der Waals surface area contributed by atoms with E-state index in [1.807, 2.05) is 127 Å². The van der Waals surface area contributed by atoms with Crippen molar-refractivity contribution in [2.45, 2.75) is 0 Å². The largest absolute Gasteiger partial charge is 0.456 e. The minimum Gasteiger partial charge on any atom is -0.456 e. The maximum atomic E-state index is 14.3. The van der Waals surface area contributed by atoms with E-state index in [4.69, 9.17) is 24.4 Å². The van der Waals surface area contributed by atoms with Crippen molar-refractivity contribution in [3.05, 3.63) is 168 Å². The molecule has 0 spiro atoms. The summed E-state index contributed by atoms with van der Waals surface area (Å²) < 4.78 is 10.2. The standard InChI is InChI=1S/C47H26N6O2/c54-46-33-19-8-7-17-30(33)35-26-37-40(41-42(35)53(46)45(48-41)28-15-5-2-6-16-28)34-20-9-11-21-36(34)52(37)47-50-43(27-13-3-1-4-14-27)49-44(51-47)29-23-24-32-31-18-10-12-22-38(31)55-39(32)25-29/h1-26H. The lowest BCUT2D eigenvalue weighted by molar-refractivity contribution is 0.669. The summed E-state index contributed by atoms with van der Waals surface area (Å²) in [6.45, 7) is 0. The van der Waals surface area contributed by atoms with E-state index in [1.165, 1.54) is 0 Å². The number of aromatic nitrogens is 6. The highest BCUT2D eigenvalue weighted by Gasteiger charge is 2.26. The third-order valence-electron chi connectivity index (χ3n) is 10.7. The number of hydrogen-bond acceptors (Lipinski definition) is 6. The number of rotatable bonds is 4. The van der Waals surface area contributed by atoms with Crippen LogP contribution >= 0.6 is 0 Å². The van der Waals surface area contributed by atoms with Gasteiger partial charge in [0.1, 0.15) is 22.5 Å². The Morgan fingerprint density at radius 2 is 1.09 bits per heavy atom. The molecule has 0 bridgehead atoms. The summed E-state index contributed by atoms with van der Waals surface area (Å²) >= 11 is 0. The molecule has 0 atom stereocenters. The fraction of sp³-hybridized carbons (Fsp3) is 0. The van der Waals surface area contributed by atoms with Crippen LogP contribution < -0.4 is 5.56 Å². The Hall–Kier alpha value is -7.71. The molecule has 0 aliphatic carbocycles. The lowest BCUT2D eigenvalue weighted by Gasteiger charge is -2.12. The molecular formula is C47H26N6O2. The molecule has 256 valence electrons. The third kappa shape index (κ3) is 4.24. The average molecular weight is 707 g/mol. The number of benzene rings is 7. The van der Waals surface area contributed by atoms with E-state index in [1.54, 1.807) is 4.40 Å². The van der Waals surface area contributed by atoms with Crippen LogP contribution in [-0.2, 0) is 0 Å². The summed E-state index contributed by atoms with van der Waals surface area (Å²) in [4.78, 5) is 35.1. The van der Waals surface area contributed by atoms with Crippen molar-refractivity contribution >= 4 is 70.9 Å². The van der Waals surface area contributed by atoms with Crippen LogP contribution in [0.2, 0.25) is 0 Å². The Kier molecular flexibility index (Phi) is 6.04. The molecule has 8 nitrogen and oxygen atoms in total. The fourth-order valence-corrected chi connectivity index (χ4v) is 8.29. The van der Waals surface area contributed by atoms with Gasteiger partial charge in [-0.05, 0) is 41.8 Å². The lowest BCUT2D eigenvalue weighted by atomic mass is 10.0. The molecule has 5 aromatic heterocycles. The van der Waals surface area contributed by atoms with Crippen molar-refractivity contribution in [3.8, 4) is 40.1 Å². The van der Waals surface area contributed by atoms with Crippen LogP contribution in [0.5, 0.6) is 0 Å². The molecule has 0 amide bonds. The van der Waals surface area contributed by atoms with Gasteiger partial charge in [-0.15, -0.1) is 0 Å². The Bertz CT molecular complexity index is 3570. The van der Waals surface area contributed by atoms with E-state index in [-0.39, 0.29) is 5.56 Å². The average Bonchev–Trinajstić information content (AvgIpc) is 3.93. The Morgan fingerprint density at radius 1 is 0.455 bits per heavy atom. The molecule has 7 aromatic carbocycles. The normalized spacial score (nSPS) is 12.1. The van der Waals surface area contributed by atoms with E-state index in [0.29, 0.717) is 28.8 Å². The lowest BCUT2D eigenvalue weighted by Crippen LogP contribution is -2.14. The minimum absolute atomic E-state index is 0.0939. The molecule has 0 saturated heterocycles. The maximum absolute atomic E-state index is 14.3. The number of nitrogens with zero attached hydrogens (tertiary/aromatic N) is 6. The van der Waals surface area contributed by atoms with Crippen LogP contribution in [0, 0.1) is 0 Å². The van der Waals surface area contributed by atoms with Crippen LogP contribution in [0.15, 0.2) is 167 Å². The fourth-order valence-electron chi connectivity index (χ4n) is 8.29. The first-order valence-corrected chi connectivity index (χ1v) is 18.1. The zero-order chi connectivity index (χ0) is 36.2. The molecule has 12 rings (SSSR count). The molecule has 0 fully saturated rings. The molecule has 0 saturated carbocycles. The van der Waals surface area contributed by atoms with Gasteiger partial charge in [0.15, 0.2) is 11.6 Å². The van der Waals surface area contributed by atoms with Crippen molar-refractivity contribution in [1.82, 2.24) is 28.9 Å². The van der Waals surface area contributed by atoms with Crippen molar-refractivity contribution in [2.24, 2.45) is 0 Å². The van der Waals surface area contributed by atoms with Crippen LogP contribution in [-0.4, -0.2) is 28.9 Å². The van der Waals surface area contributed by atoms with Gasteiger partial charge >= 0.3 is 0 Å². The smallest absolute Gasteiger partial charge is 0.264 e. The van der Waals surface area contributed by atoms with Gasteiger partial charge in [-0.25, -0.2) is 9.97 Å². The zero-order valence-corrected chi connectivity index (χ0v) is 29.0. The van der Waals surface area contributed by atoms with Gasteiger partial charge in [0, 0.05) is 49.0 Å². The van der Waals surface area contributed by atoms with Gasteiger partial charge < -0.3 is 4.42 Å².